The average Bonchev–Trinajstić information content (AvgIpc) is 2.81. The van der Waals surface area contributed by atoms with Gasteiger partial charge < -0.3 is 10.6 Å². The Balaban J connectivity index is 1.98. The van der Waals surface area contributed by atoms with Crippen LogP contribution in [0.25, 0.3) is 0 Å². The molecule has 1 saturated heterocycles. The second-order valence-corrected chi connectivity index (χ2v) is 5.88. The van der Waals surface area contributed by atoms with Crippen molar-refractivity contribution in [1.29, 1.82) is 0 Å². The zero-order valence-electron chi connectivity index (χ0n) is 10.9. The summed E-state index contributed by atoms with van der Waals surface area (Å²) in [7, 11) is 0. The van der Waals surface area contributed by atoms with Gasteiger partial charge in [-0.3, -0.25) is 4.79 Å². The second kappa shape index (κ2) is 5.29. The molecule has 0 saturated carbocycles. The predicted molar refractivity (Wildman–Crippen MR) is 84.5 cm³/mol. The molecule has 1 heterocycles. The molecule has 3 nitrogen and oxygen atoms in total. The molecule has 0 aromatic heterocycles. The summed E-state index contributed by atoms with van der Waals surface area (Å²) in [6.45, 7) is 0. The van der Waals surface area contributed by atoms with Gasteiger partial charge in [-0.1, -0.05) is 34.1 Å². The molecule has 1 unspecified atom stereocenters. The Morgan fingerprint density at radius 3 is 2.60 bits per heavy atom. The summed E-state index contributed by atoms with van der Waals surface area (Å²) in [5.41, 5.74) is 8.54. The Morgan fingerprint density at radius 2 is 1.90 bits per heavy atom. The smallest absolute Gasteiger partial charge is 0.227 e. The molecule has 1 amide bonds. The van der Waals surface area contributed by atoms with Crippen LogP contribution in [0.2, 0.25) is 0 Å². The van der Waals surface area contributed by atoms with Crippen LogP contribution in [0, 0.1) is 0 Å². The van der Waals surface area contributed by atoms with Gasteiger partial charge in [-0.15, -0.1) is 0 Å². The monoisotopic (exact) mass is 330 g/mol. The Labute approximate surface area is 126 Å². The maximum absolute atomic E-state index is 12.2. The van der Waals surface area contributed by atoms with Crippen LogP contribution in [0.1, 0.15) is 24.4 Å². The van der Waals surface area contributed by atoms with E-state index in [4.69, 9.17) is 5.73 Å². The Morgan fingerprint density at radius 1 is 1.15 bits per heavy atom. The van der Waals surface area contributed by atoms with E-state index in [1.807, 2.05) is 53.4 Å². The van der Waals surface area contributed by atoms with E-state index in [-0.39, 0.29) is 11.9 Å². The molecular weight excluding hydrogens is 316 g/mol. The van der Waals surface area contributed by atoms with E-state index in [1.54, 1.807) is 0 Å². The molecule has 0 radical (unpaired) electrons. The zero-order chi connectivity index (χ0) is 14.1. The van der Waals surface area contributed by atoms with Gasteiger partial charge in [0.15, 0.2) is 0 Å². The molecule has 1 fully saturated rings. The fraction of sp³-hybridized carbons (Fsp3) is 0.188. The summed E-state index contributed by atoms with van der Waals surface area (Å²) in [6, 6.07) is 15.7. The van der Waals surface area contributed by atoms with E-state index in [2.05, 4.69) is 15.9 Å². The molecule has 0 aliphatic carbocycles. The minimum Gasteiger partial charge on any atom is -0.399 e. The summed E-state index contributed by atoms with van der Waals surface area (Å²) in [6.07, 6.45) is 1.43. The normalized spacial score (nSPS) is 18.6. The molecule has 102 valence electrons. The maximum Gasteiger partial charge on any atom is 0.227 e. The number of hydrogen-bond acceptors (Lipinski definition) is 2. The van der Waals surface area contributed by atoms with Crippen LogP contribution >= 0.6 is 15.9 Å². The van der Waals surface area contributed by atoms with Gasteiger partial charge in [-0.2, -0.15) is 0 Å². The maximum atomic E-state index is 12.2. The van der Waals surface area contributed by atoms with Crippen LogP contribution in [0.15, 0.2) is 53.0 Å². The number of hydrogen-bond donors (Lipinski definition) is 1. The number of anilines is 2. The lowest BCUT2D eigenvalue weighted by Gasteiger charge is -2.25. The van der Waals surface area contributed by atoms with Crippen LogP contribution in [-0.4, -0.2) is 5.91 Å². The summed E-state index contributed by atoms with van der Waals surface area (Å²) < 4.78 is 0.978. The third-order valence-corrected chi connectivity index (χ3v) is 4.11. The summed E-state index contributed by atoms with van der Waals surface area (Å²) in [5, 5.41) is 0. The molecule has 20 heavy (non-hydrogen) atoms. The number of rotatable bonds is 2. The van der Waals surface area contributed by atoms with Gasteiger partial charge in [0.05, 0.1) is 6.04 Å². The zero-order valence-corrected chi connectivity index (χ0v) is 12.5. The van der Waals surface area contributed by atoms with Gasteiger partial charge in [0, 0.05) is 22.3 Å². The highest BCUT2D eigenvalue weighted by molar-refractivity contribution is 9.10. The first-order valence-corrected chi connectivity index (χ1v) is 7.37. The highest BCUT2D eigenvalue weighted by Gasteiger charge is 2.33. The molecule has 1 aliphatic heterocycles. The van der Waals surface area contributed by atoms with E-state index in [1.165, 1.54) is 0 Å². The van der Waals surface area contributed by atoms with Gasteiger partial charge in [0.2, 0.25) is 5.91 Å². The molecule has 3 rings (SSSR count). The van der Waals surface area contributed by atoms with E-state index in [9.17, 15) is 4.79 Å². The SMILES string of the molecule is Nc1ccc(C2CCC(=O)N2c2cccc(Br)c2)cc1. The minimum atomic E-state index is 0.0948. The average molecular weight is 331 g/mol. The van der Waals surface area contributed by atoms with E-state index >= 15 is 0 Å². The first-order valence-electron chi connectivity index (χ1n) is 6.58. The van der Waals surface area contributed by atoms with E-state index in [0.29, 0.717) is 6.42 Å². The highest BCUT2D eigenvalue weighted by Crippen LogP contribution is 2.37. The number of benzene rings is 2. The Bertz CT molecular complexity index is 639. The Kier molecular flexibility index (Phi) is 3.49. The molecule has 1 aliphatic rings. The molecule has 0 bridgehead atoms. The van der Waals surface area contributed by atoms with Crippen LogP contribution in [0.3, 0.4) is 0 Å². The van der Waals surface area contributed by atoms with Crippen molar-refractivity contribution >= 4 is 33.2 Å². The number of nitrogens with zero attached hydrogens (tertiary/aromatic N) is 1. The topological polar surface area (TPSA) is 46.3 Å². The van der Waals surface area contributed by atoms with Crippen molar-refractivity contribution in [2.75, 3.05) is 10.6 Å². The van der Waals surface area contributed by atoms with Gasteiger partial charge in [-0.25, -0.2) is 0 Å². The third kappa shape index (κ3) is 2.43. The van der Waals surface area contributed by atoms with Crippen molar-refractivity contribution < 1.29 is 4.79 Å². The van der Waals surface area contributed by atoms with Gasteiger partial charge in [-0.05, 0) is 42.3 Å². The van der Waals surface area contributed by atoms with Crippen molar-refractivity contribution in [3.05, 3.63) is 58.6 Å². The van der Waals surface area contributed by atoms with Crippen molar-refractivity contribution in [2.45, 2.75) is 18.9 Å². The molecule has 1 atom stereocenters. The van der Waals surface area contributed by atoms with Crippen LogP contribution < -0.4 is 10.6 Å². The molecule has 2 N–H and O–H groups in total. The number of nitrogens with two attached hydrogens (primary N) is 1. The third-order valence-electron chi connectivity index (χ3n) is 3.62. The fourth-order valence-corrected chi connectivity index (χ4v) is 3.05. The molecular formula is C16H15BrN2O. The van der Waals surface area contributed by atoms with Crippen LogP contribution in [0.4, 0.5) is 11.4 Å². The number of nitrogen functional groups attached to an aromatic ring is 1. The number of carbonyl (C=O) groups excluding carboxylic acids is 1. The molecule has 0 spiro atoms. The standard InChI is InChI=1S/C16H15BrN2O/c17-12-2-1-3-14(10-12)19-15(8-9-16(19)20)11-4-6-13(18)7-5-11/h1-7,10,15H,8-9,18H2. The van der Waals surface area contributed by atoms with E-state index < -0.39 is 0 Å². The molecule has 4 heteroatoms. The Hall–Kier alpha value is -1.81. The summed E-state index contributed by atoms with van der Waals surface area (Å²) in [4.78, 5) is 14.1. The molecule has 2 aromatic carbocycles. The molecule has 2 aromatic rings. The largest absolute Gasteiger partial charge is 0.399 e. The number of carbonyl (C=O) groups is 1. The first kappa shape index (κ1) is 13.2. The van der Waals surface area contributed by atoms with Gasteiger partial charge >= 0.3 is 0 Å². The first-order chi connectivity index (χ1) is 9.65. The number of halogens is 1. The van der Waals surface area contributed by atoms with Crippen LogP contribution in [-0.2, 0) is 4.79 Å². The van der Waals surface area contributed by atoms with Gasteiger partial charge in [0.1, 0.15) is 0 Å². The van der Waals surface area contributed by atoms with E-state index in [0.717, 1.165) is 27.8 Å². The summed E-state index contributed by atoms with van der Waals surface area (Å²) >= 11 is 3.46. The fourth-order valence-electron chi connectivity index (χ4n) is 2.67. The summed E-state index contributed by atoms with van der Waals surface area (Å²) in [5.74, 6) is 0.171. The lowest BCUT2D eigenvalue weighted by Crippen LogP contribution is -2.27. The second-order valence-electron chi connectivity index (χ2n) is 4.96. The predicted octanol–water partition coefficient (Wildman–Crippen LogP) is 3.90. The lowest BCUT2D eigenvalue weighted by molar-refractivity contribution is -0.117. The van der Waals surface area contributed by atoms with Crippen LogP contribution in [0.5, 0.6) is 0 Å². The van der Waals surface area contributed by atoms with Gasteiger partial charge in [0.25, 0.3) is 0 Å². The minimum absolute atomic E-state index is 0.0948. The lowest BCUT2D eigenvalue weighted by atomic mass is 10.0. The van der Waals surface area contributed by atoms with Crippen molar-refractivity contribution in [3.8, 4) is 0 Å². The van der Waals surface area contributed by atoms with Crippen molar-refractivity contribution in [2.24, 2.45) is 0 Å². The van der Waals surface area contributed by atoms with Crippen molar-refractivity contribution in [1.82, 2.24) is 0 Å². The quantitative estimate of drug-likeness (QED) is 0.849. The van der Waals surface area contributed by atoms with Crippen molar-refractivity contribution in [3.63, 3.8) is 0 Å². The number of amides is 1. The highest BCUT2D eigenvalue weighted by atomic mass is 79.9.